The molecule has 7 heteroatoms. The van der Waals surface area contributed by atoms with Gasteiger partial charge < -0.3 is 15.7 Å². The molecule has 4 rings (SSSR count). The minimum Gasteiger partial charge on any atom is -0.478 e. The molecule has 122 valence electrons. The first kappa shape index (κ1) is 14.8. The summed E-state index contributed by atoms with van der Waals surface area (Å²) in [6.45, 7) is 0. The standard InChI is InChI=1S/C18H12N4O3/c23-17-14(13-7-11(18(24)25)8-21-16(13)22-17)9-20-12-3-4-15-10(6-12)2-1-5-19-15/h1-9,20H,(H,24,25)(H,21,22,23). The number of amides is 1. The summed E-state index contributed by atoms with van der Waals surface area (Å²) < 4.78 is 0. The lowest BCUT2D eigenvalue weighted by Crippen LogP contribution is -2.05. The fraction of sp³-hybridized carbons (Fsp3) is 0. The molecule has 0 atom stereocenters. The van der Waals surface area contributed by atoms with Gasteiger partial charge in [0.25, 0.3) is 5.91 Å². The second-order valence-electron chi connectivity index (χ2n) is 5.49. The fourth-order valence-corrected chi connectivity index (χ4v) is 2.65. The third-order valence-electron chi connectivity index (χ3n) is 3.89. The van der Waals surface area contributed by atoms with Crippen molar-refractivity contribution < 1.29 is 14.7 Å². The van der Waals surface area contributed by atoms with Crippen LogP contribution in [0.15, 0.2) is 55.0 Å². The van der Waals surface area contributed by atoms with Gasteiger partial charge in [-0.2, -0.15) is 0 Å². The third kappa shape index (κ3) is 2.67. The minimum atomic E-state index is -1.09. The van der Waals surface area contributed by atoms with Crippen LogP contribution in [-0.4, -0.2) is 27.0 Å². The Morgan fingerprint density at radius 3 is 2.92 bits per heavy atom. The first-order valence-corrected chi connectivity index (χ1v) is 7.48. The molecule has 1 amide bonds. The average Bonchev–Trinajstić information content (AvgIpc) is 2.94. The van der Waals surface area contributed by atoms with E-state index in [1.807, 2.05) is 30.3 Å². The van der Waals surface area contributed by atoms with Crippen molar-refractivity contribution in [3.8, 4) is 0 Å². The van der Waals surface area contributed by atoms with Gasteiger partial charge in [-0.15, -0.1) is 0 Å². The normalized spacial score (nSPS) is 14.4. The maximum atomic E-state index is 12.1. The average molecular weight is 332 g/mol. The summed E-state index contributed by atoms with van der Waals surface area (Å²) in [5.74, 6) is -1.07. The molecule has 3 N–H and O–H groups in total. The molecular weight excluding hydrogens is 320 g/mol. The minimum absolute atomic E-state index is 0.0259. The van der Waals surface area contributed by atoms with Crippen LogP contribution in [-0.2, 0) is 4.79 Å². The second-order valence-corrected chi connectivity index (χ2v) is 5.49. The first-order valence-electron chi connectivity index (χ1n) is 7.48. The van der Waals surface area contributed by atoms with Gasteiger partial charge in [0.1, 0.15) is 5.82 Å². The number of hydrogen-bond donors (Lipinski definition) is 3. The predicted octanol–water partition coefficient (Wildman–Crippen LogP) is 2.73. The molecule has 0 radical (unpaired) electrons. The summed E-state index contributed by atoms with van der Waals surface area (Å²) in [4.78, 5) is 31.5. The Kier molecular flexibility index (Phi) is 3.39. The summed E-state index contributed by atoms with van der Waals surface area (Å²) in [5, 5.41) is 15.8. The number of benzene rings is 1. The smallest absolute Gasteiger partial charge is 0.337 e. The monoisotopic (exact) mass is 332 g/mol. The maximum Gasteiger partial charge on any atom is 0.337 e. The van der Waals surface area contributed by atoms with Gasteiger partial charge in [-0.3, -0.25) is 9.78 Å². The molecule has 7 nitrogen and oxygen atoms in total. The van der Waals surface area contributed by atoms with E-state index in [1.165, 1.54) is 12.3 Å². The zero-order chi connectivity index (χ0) is 17.4. The molecule has 2 aromatic heterocycles. The number of rotatable bonds is 3. The molecular formula is C18H12N4O3. The van der Waals surface area contributed by atoms with E-state index in [-0.39, 0.29) is 11.5 Å². The number of pyridine rings is 2. The molecule has 3 aromatic rings. The Morgan fingerprint density at radius 1 is 1.20 bits per heavy atom. The maximum absolute atomic E-state index is 12.1. The lowest BCUT2D eigenvalue weighted by atomic mass is 10.1. The SMILES string of the molecule is O=C1Nc2ncc(C(=O)O)cc2C1=CNc1ccc2ncccc2c1. The van der Waals surface area contributed by atoms with Gasteiger partial charge in [-0.1, -0.05) is 6.07 Å². The van der Waals surface area contributed by atoms with Crippen LogP contribution in [0.4, 0.5) is 11.5 Å². The van der Waals surface area contributed by atoms with Gasteiger partial charge in [0.2, 0.25) is 0 Å². The number of carbonyl (C=O) groups is 2. The van der Waals surface area contributed by atoms with Crippen molar-refractivity contribution in [1.82, 2.24) is 9.97 Å². The molecule has 1 aliphatic heterocycles. The molecule has 1 aromatic carbocycles. The van der Waals surface area contributed by atoms with Gasteiger partial charge in [-0.05, 0) is 30.3 Å². The van der Waals surface area contributed by atoms with E-state index in [0.717, 1.165) is 16.6 Å². The highest BCUT2D eigenvalue weighted by atomic mass is 16.4. The number of nitrogens with one attached hydrogen (secondary N) is 2. The number of carboxylic acids is 1. The van der Waals surface area contributed by atoms with E-state index in [2.05, 4.69) is 20.6 Å². The van der Waals surface area contributed by atoms with Crippen LogP contribution in [0.1, 0.15) is 15.9 Å². The summed E-state index contributed by atoms with van der Waals surface area (Å²) in [6.07, 6.45) is 4.49. The molecule has 25 heavy (non-hydrogen) atoms. The van der Waals surface area contributed by atoms with E-state index in [0.29, 0.717) is 17.0 Å². The zero-order valence-corrected chi connectivity index (χ0v) is 12.9. The van der Waals surface area contributed by atoms with Gasteiger partial charge in [0.05, 0.1) is 16.7 Å². The molecule has 3 heterocycles. The highest BCUT2D eigenvalue weighted by molar-refractivity contribution is 6.31. The van der Waals surface area contributed by atoms with Crippen molar-refractivity contribution in [3.63, 3.8) is 0 Å². The lowest BCUT2D eigenvalue weighted by Gasteiger charge is -2.04. The van der Waals surface area contributed by atoms with Crippen molar-refractivity contribution in [1.29, 1.82) is 0 Å². The number of aromatic carboxylic acids is 1. The summed E-state index contributed by atoms with van der Waals surface area (Å²) in [7, 11) is 0. The first-order chi connectivity index (χ1) is 12.1. The number of aromatic nitrogens is 2. The second kappa shape index (κ2) is 5.72. The van der Waals surface area contributed by atoms with E-state index in [9.17, 15) is 9.59 Å². The number of anilines is 2. The van der Waals surface area contributed by atoms with Crippen molar-refractivity contribution >= 4 is 39.9 Å². The largest absolute Gasteiger partial charge is 0.478 e. The van der Waals surface area contributed by atoms with E-state index in [1.54, 1.807) is 12.4 Å². The van der Waals surface area contributed by atoms with E-state index >= 15 is 0 Å². The highest BCUT2D eigenvalue weighted by Crippen LogP contribution is 2.30. The molecule has 0 bridgehead atoms. The Balaban J connectivity index is 1.68. The van der Waals surface area contributed by atoms with Crippen LogP contribution in [0.25, 0.3) is 16.5 Å². The summed E-state index contributed by atoms with van der Waals surface area (Å²) >= 11 is 0. The fourth-order valence-electron chi connectivity index (χ4n) is 2.65. The molecule has 0 unspecified atom stereocenters. The molecule has 1 aliphatic rings. The van der Waals surface area contributed by atoms with Crippen molar-refractivity contribution in [2.75, 3.05) is 10.6 Å². The lowest BCUT2D eigenvalue weighted by molar-refractivity contribution is -0.110. The Morgan fingerprint density at radius 2 is 2.08 bits per heavy atom. The van der Waals surface area contributed by atoms with Gasteiger partial charge in [-0.25, -0.2) is 9.78 Å². The number of carbonyl (C=O) groups excluding carboxylic acids is 1. The molecule has 0 saturated carbocycles. The van der Waals surface area contributed by atoms with Crippen LogP contribution < -0.4 is 10.6 Å². The predicted molar refractivity (Wildman–Crippen MR) is 93.2 cm³/mol. The van der Waals surface area contributed by atoms with Crippen LogP contribution in [0.5, 0.6) is 0 Å². The van der Waals surface area contributed by atoms with Crippen molar-refractivity contribution in [2.24, 2.45) is 0 Å². The number of hydrogen-bond acceptors (Lipinski definition) is 5. The molecule has 0 spiro atoms. The van der Waals surface area contributed by atoms with Crippen molar-refractivity contribution in [2.45, 2.75) is 0 Å². The van der Waals surface area contributed by atoms with Crippen LogP contribution in [0.2, 0.25) is 0 Å². The quantitative estimate of drug-likeness (QED) is 0.637. The third-order valence-corrected chi connectivity index (χ3v) is 3.89. The van der Waals surface area contributed by atoms with Crippen molar-refractivity contribution in [3.05, 3.63) is 66.1 Å². The molecule has 0 aliphatic carbocycles. The Hall–Kier alpha value is -3.74. The molecule has 0 fully saturated rings. The van der Waals surface area contributed by atoms with Gasteiger partial charge in [0, 0.05) is 35.2 Å². The van der Waals surface area contributed by atoms with Crippen LogP contribution in [0, 0.1) is 0 Å². The Bertz CT molecular complexity index is 1060. The van der Waals surface area contributed by atoms with E-state index < -0.39 is 5.97 Å². The van der Waals surface area contributed by atoms with E-state index in [4.69, 9.17) is 5.11 Å². The number of carboxylic acid groups (broad SMARTS) is 1. The van der Waals surface area contributed by atoms with Crippen LogP contribution >= 0.6 is 0 Å². The number of nitrogens with zero attached hydrogens (tertiary/aromatic N) is 2. The molecule has 0 saturated heterocycles. The number of fused-ring (bicyclic) bond motifs is 2. The van der Waals surface area contributed by atoms with Gasteiger partial charge in [0.15, 0.2) is 0 Å². The topological polar surface area (TPSA) is 104 Å². The Labute approximate surface area is 142 Å². The zero-order valence-electron chi connectivity index (χ0n) is 12.9. The highest BCUT2D eigenvalue weighted by Gasteiger charge is 2.26. The summed E-state index contributed by atoms with van der Waals surface area (Å²) in [5.41, 5.74) is 2.48. The van der Waals surface area contributed by atoms with Crippen LogP contribution in [0.3, 0.4) is 0 Å². The summed E-state index contributed by atoms with van der Waals surface area (Å²) in [6, 6.07) is 10.9. The van der Waals surface area contributed by atoms with Gasteiger partial charge >= 0.3 is 5.97 Å².